The summed E-state index contributed by atoms with van der Waals surface area (Å²) in [5.41, 5.74) is 6.80. The second-order valence-electron chi connectivity index (χ2n) is 5.15. The van der Waals surface area contributed by atoms with E-state index < -0.39 is 0 Å². The van der Waals surface area contributed by atoms with E-state index in [2.05, 4.69) is 15.3 Å². The Morgan fingerprint density at radius 1 is 1.37 bits per heavy atom. The molecule has 19 heavy (non-hydrogen) atoms. The maximum atomic E-state index is 5.87. The summed E-state index contributed by atoms with van der Waals surface area (Å²) in [6.07, 6.45) is 4.47. The van der Waals surface area contributed by atoms with Crippen molar-refractivity contribution in [2.45, 2.75) is 39.5 Å². The minimum atomic E-state index is 0.569. The van der Waals surface area contributed by atoms with Gasteiger partial charge in [0.1, 0.15) is 17.5 Å². The fourth-order valence-electron chi connectivity index (χ4n) is 1.83. The molecule has 5 nitrogen and oxygen atoms in total. The molecular weight excluding hydrogens is 240 g/mol. The third kappa shape index (κ3) is 4.35. The number of anilines is 2. The summed E-state index contributed by atoms with van der Waals surface area (Å²) in [5.74, 6) is 3.05. The van der Waals surface area contributed by atoms with Crippen LogP contribution in [0.5, 0.6) is 0 Å². The van der Waals surface area contributed by atoms with E-state index in [1.165, 1.54) is 12.8 Å². The van der Waals surface area contributed by atoms with Crippen LogP contribution in [0.15, 0.2) is 0 Å². The number of aromatic nitrogens is 2. The largest absolute Gasteiger partial charge is 0.383 e. The number of aryl methyl sites for hydroxylation is 1. The summed E-state index contributed by atoms with van der Waals surface area (Å²) in [4.78, 5) is 8.70. The van der Waals surface area contributed by atoms with E-state index >= 15 is 0 Å². The molecule has 0 radical (unpaired) electrons. The van der Waals surface area contributed by atoms with E-state index in [0.717, 1.165) is 55.7 Å². The van der Waals surface area contributed by atoms with Crippen LogP contribution < -0.4 is 11.1 Å². The Kier molecular flexibility index (Phi) is 4.96. The van der Waals surface area contributed by atoms with E-state index in [9.17, 15) is 0 Å². The topological polar surface area (TPSA) is 73.1 Å². The van der Waals surface area contributed by atoms with Gasteiger partial charge in [-0.1, -0.05) is 6.92 Å². The van der Waals surface area contributed by atoms with Gasteiger partial charge >= 0.3 is 0 Å². The lowest BCUT2D eigenvalue weighted by molar-refractivity contribution is 0.124. The van der Waals surface area contributed by atoms with Crippen molar-refractivity contribution < 1.29 is 4.74 Å². The summed E-state index contributed by atoms with van der Waals surface area (Å²) in [6.45, 7) is 6.56. The number of nitrogens with zero attached hydrogens (tertiary/aromatic N) is 2. The molecule has 0 saturated heterocycles. The quantitative estimate of drug-likeness (QED) is 0.704. The number of rotatable bonds is 8. The predicted molar refractivity (Wildman–Crippen MR) is 77.2 cm³/mol. The number of nitrogens with two attached hydrogens (primary N) is 1. The first kappa shape index (κ1) is 14.1. The van der Waals surface area contributed by atoms with Crippen LogP contribution in [0.4, 0.5) is 11.6 Å². The molecule has 0 bridgehead atoms. The van der Waals surface area contributed by atoms with Crippen molar-refractivity contribution in [1.29, 1.82) is 0 Å². The summed E-state index contributed by atoms with van der Waals surface area (Å²) in [6, 6.07) is 0. The molecule has 0 amide bonds. The molecule has 1 heterocycles. The lowest BCUT2D eigenvalue weighted by Crippen LogP contribution is -2.12. The van der Waals surface area contributed by atoms with Gasteiger partial charge in [0.15, 0.2) is 0 Å². The normalized spacial score (nSPS) is 14.6. The smallest absolute Gasteiger partial charge is 0.134 e. The number of ether oxygens (including phenoxy) is 1. The zero-order chi connectivity index (χ0) is 13.7. The van der Waals surface area contributed by atoms with E-state index in [0.29, 0.717) is 5.82 Å². The lowest BCUT2D eigenvalue weighted by Gasteiger charge is -2.11. The van der Waals surface area contributed by atoms with Gasteiger partial charge in [0.2, 0.25) is 0 Å². The molecule has 3 N–H and O–H groups in total. The van der Waals surface area contributed by atoms with Crippen molar-refractivity contribution in [1.82, 2.24) is 9.97 Å². The Bertz CT molecular complexity index is 418. The molecule has 1 aromatic rings. The molecule has 0 aromatic carbocycles. The number of hydrogen-bond acceptors (Lipinski definition) is 5. The molecule has 1 saturated carbocycles. The minimum absolute atomic E-state index is 0.569. The van der Waals surface area contributed by atoms with Gasteiger partial charge in [-0.15, -0.1) is 0 Å². The average Bonchev–Trinajstić information content (AvgIpc) is 3.22. The lowest BCUT2D eigenvalue weighted by atomic mass is 10.3. The molecule has 1 aromatic heterocycles. The van der Waals surface area contributed by atoms with Crippen molar-refractivity contribution in [2.24, 2.45) is 5.92 Å². The van der Waals surface area contributed by atoms with Crippen LogP contribution in [0.2, 0.25) is 0 Å². The minimum Gasteiger partial charge on any atom is -0.383 e. The van der Waals surface area contributed by atoms with Gasteiger partial charge in [-0.05, 0) is 32.1 Å². The first-order chi connectivity index (χ1) is 9.20. The Morgan fingerprint density at radius 2 is 2.16 bits per heavy atom. The summed E-state index contributed by atoms with van der Waals surface area (Å²) in [7, 11) is 0. The van der Waals surface area contributed by atoms with Gasteiger partial charge in [-0.2, -0.15) is 0 Å². The fraction of sp³-hybridized carbons (Fsp3) is 0.714. The zero-order valence-corrected chi connectivity index (χ0v) is 11.9. The first-order valence-corrected chi connectivity index (χ1v) is 7.15. The van der Waals surface area contributed by atoms with E-state index in [-0.39, 0.29) is 0 Å². The number of hydrogen-bond donors (Lipinski definition) is 2. The standard InChI is InChI=1S/C14H24N4O/c1-3-12-17-13(15)10(2)14(18-12)16-7-4-8-19-9-11-5-6-11/h11H,3-9H2,1-2H3,(H3,15,16,17,18). The van der Waals surface area contributed by atoms with Crippen molar-refractivity contribution in [3.63, 3.8) is 0 Å². The van der Waals surface area contributed by atoms with E-state index in [1.54, 1.807) is 0 Å². The summed E-state index contributed by atoms with van der Waals surface area (Å²) < 4.78 is 5.60. The highest BCUT2D eigenvalue weighted by atomic mass is 16.5. The van der Waals surface area contributed by atoms with Crippen LogP contribution >= 0.6 is 0 Å². The SMILES string of the molecule is CCc1nc(N)c(C)c(NCCCOCC2CC2)n1. The number of nitrogen functional groups attached to an aromatic ring is 1. The van der Waals surface area contributed by atoms with Crippen molar-refractivity contribution >= 4 is 11.6 Å². The monoisotopic (exact) mass is 264 g/mol. The Labute approximate surface area is 115 Å². The molecule has 0 atom stereocenters. The highest BCUT2D eigenvalue weighted by Crippen LogP contribution is 2.28. The molecule has 1 fully saturated rings. The first-order valence-electron chi connectivity index (χ1n) is 7.15. The van der Waals surface area contributed by atoms with Gasteiger partial charge in [-0.3, -0.25) is 0 Å². The van der Waals surface area contributed by atoms with Crippen LogP contribution in [0.25, 0.3) is 0 Å². The van der Waals surface area contributed by atoms with Crippen LogP contribution in [-0.2, 0) is 11.2 Å². The molecule has 0 unspecified atom stereocenters. The Balaban J connectivity index is 1.73. The molecule has 0 aliphatic heterocycles. The molecule has 1 aliphatic carbocycles. The van der Waals surface area contributed by atoms with Crippen LogP contribution in [0.1, 0.15) is 37.6 Å². The van der Waals surface area contributed by atoms with Gasteiger partial charge < -0.3 is 15.8 Å². The molecule has 0 spiro atoms. The third-order valence-electron chi connectivity index (χ3n) is 3.35. The van der Waals surface area contributed by atoms with Gasteiger partial charge in [0.05, 0.1) is 0 Å². The summed E-state index contributed by atoms with van der Waals surface area (Å²) in [5, 5.41) is 3.32. The van der Waals surface area contributed by atoms with Crippen molar-refractivity contribution in [3.05, 3.63) is 11.4 Å². The maximum absolute atomic E-state index is 5.87. The second-order valence-corrected chi connectivity index (χ2v) is 5.15. The fourth-order valence-corrected chi connectivity index (χ4v) is 1.83. The van der Waals surface area contributed by atoms with Crippen LogP contribution in [0.3, 0.4) is 0 Å². The van der Waals surface area contributed by atoms with Gasteiger partial charge in [-0.25, -0.2) is 9.97 Å². The molecule has 106 valence electrons. The maximum Gasteiger partial charge on any atom is 0.134 e. The third-order valence-corrected chi connectivity index (χ3v) is 3.35. The van der Waals surface area contributed by atoms with E-state index in [4.69, 9.17) is 10.5 Å². The van der Waals surface area contributed by atoms with Gasteiger partial charge in [0.25, 0.3) is 0 Å². The molecular formula is C14H24N4O. The van der Waals surface area contributed by atoms with Crippen LogP contribution in [-0.4, -0.2) is 29.7 Å². The Morgan fingerprint density at radius 3 is 2.84 bits per heavy atom. The Hall–Kier alpha value is -1.36. The van der Waals surface area contributed by atoms with Gasteiger partial charge in [0, 0.05) is 31.7 Å². The van der Waals surface area contributed by atoms with Crippen molar-refractivity contribution in [3.8, 4) is 0 Å². The summed E-state index contributed by atoms with van der Waals surface area (Å²) >= 11 is 0. The average molecular weight is 264 g/mol. The van der Waals surface area contributed by atoms with Crippen molar-refractivity contribution in [2.75, 3.05) is 30.8 Å². The predicted octanol–water partition coefficient (Wildman–Crippen LogP) is 2.16. The molecule has 1 aliphatic rings. The van der Waals surface area contributed by atoms with Crippen LogP contribution in [0, 0.1) is 12.8 Å². The van der Waals surface area contributed by atoms with E-state index in [1.807, 2.05) is 13.8 Å². The molecule has 2 rings (SSSR count). The highest BCUT2D eigenvalue weighted by molar-refractivity contribution is 5.54. The molecule has 5 heteroatoms. The zero-order valence-electron chi connectivity index (χ0n) is 11.9. The number of nitrogens with one attached hydrogen (secondary N) is 1. The highest BCUT2D eigenvalue weighted by Gasteiger charge is 2.20. The second kappa shape index (κ2) is 6.70.